The predicted molar refractivity (Wildman–Crippen MR) is 199 cm³/mol. The standard InChI is InChI=1S/C36H67NO15S3.3Na/c1-2-3-23-30-24-18-14-10-9-12-16-20-27-33(51-54(43,44)45)35(52-55(46,47)48)32(50-53(40,41)42)26-19-15-11-7-5-4-6-8-13-17-21-28-34(38)37-29-22-25-31(37)36(39)49-30;;;/h30-33,35H,2-29H2,1H3,(H,40,41,42)(H,43,44,45)(H,46,47,48);;;/q;3*+1/p-3/t30-,31-,32-,33-,35+;;;/m0.../s1. The third-order valence-corrected chi connectivity index (χ3v) is 11.8. The minimum Gasteiger partial charge on any atom is -0.726 e. The van der Waals surface area contributed by atoms with E-state index in [0.29, 0.717) is 51.5 Å². The zero-order chi connectivity index (χ0) is 40.7. The second kappa shape index (κ2) is 34.0. The summed E-state index contributed by atoms with van der Waals surface area (Å²) >= 11 is 0. The van der Waals surface area contributed by atoms with Crippen molar-refractivity contribution in [2.75, 3.05) is 6.54 Å². The van der Waals surface area contributed by atoms with Gasteiger partial charge >= 0.3 is 94.6 Å². The van der Waals surface area contributed by atoms with Gasteiger partial charge in [0, 0.05) is 13.0 Å². The number of carbonyl (C=O) groups is 2. The quantitative estimate of drug-likeness (QED) is 0.0984. The molecule has 0 aromatic carbocycles. The maximum absolute atomic E-state index is 13.3. The van der Waals surface area contributed by atoms with E-state index in [9.17, 15) is 48.5 Å². The van der Waals surface area contributed by atoms with Crippen LogP contribution in [0.5, 0.6) is 0 Å². The van der Waals surface area contributed by atoms with Crippen molar-refractivity contribution in [2.24, 2.45) is 0 Å². The second-order valence-corrected chi connectivity index (χ2v) is 18.0. The summed E-state index contributed by atoms with van der Waals surface area (Å²) in [7, 11) is -16.6. The summed E-state index contributed by atoms with van der Waals surface area (Å²) in [6.45, 7) is 2.65. The predicted octanol–water partition coefficient (Wildman–Crippen LogP) is -2.78. The zero-order valence-corrected chi connectivity index (χ0v) is 43.9. The number of carbonyl (C=O) groups excluding carboxylic acids is 2. The minimum absolute atomic E-state index is 0. The fourth-order valence-corrected chi connectivity index (χ4v) is 9.08. The summed E-state index contributed by atoms with van der Waals surface area (Å²) in [6, 6.07) is -0.523. The molecule has 0 unspecified atom stereocenters. The fraction of sp³-hybridized carbons (Fsp3) is 0.944. The summed E-state index contributed by atoms with van der Waals surface area (Å²) in [4.78, 5) is 28.1. The molecule has 2 saturated heterocycles. The smallest absolute Gasteiger partial charge is 0.726 e. The third-order valence-electron chi connectivity index (χ3n) is 10.3. The van der Waals surface area contributed by atoms with Crippen LogP contribution in [0.15, 0.2) is 0 Å². The number of fused-ring (bicyclic) bond motifs is 1. The third kappa shape index (κ3) is 29.8. The van der Waals surface area contributed by atoms with Crippen LogP contribution in [0.1, 0.15) is 180 Å². The number of rotatable bonds is 9. The van der Waals surface area contributed by atoms with Crippen LogP contribution < -0.4 is 88.7 Å². The maximum atomic E-state index is 13.3. The Kier molecular flexibility index (Phi) is 36.1. The number of hydrogen-bond donors (Lipinski definition) is 0. The second-order valence-electron chi connectivity index (χ2n) is 15.0. The maximum Gasteiger partial charge on any atom is 1.00 e. The molecule has 324 valence electrons. The molecule has 2 fully saturated rings. The van der Waals surface area contributed by atoms with Gasteiger partial charge in [-0.2, -0.15) is 0 Å². The van der Waals surface area contributed by atoms with E-state index < -0.39 is 55.6 Å². The van der Waals surface area contributed by atoms with Crippen molar-refractivity contribution in [3.05, 3.63) is 0 Å². The van der Waals surface area contributed by atoms with E-state index in [1.165, 1.54) is 0 Å². The van der Waals surface area contributed by atoms with Gasteiger partial charge in [0.2, 0.25) is 37.1 Å². The van der Waals surface area contributed by atoms with Crippen LogP contribution in [-0.4, -0.2) is 92.7 Å². The average Bonchev–Trinajstić information content (AvgIpc) is 3.58. The molecule has 0 spiro atoms. The number of esters is 1. The van der Waals surface area contributed by atoms with E-state index in [4.69, 9.17) is 4.74 Å². The molecule has 2 aliphatic rings. The van der Waals surface area contributed by atoms with Crippen molar-refractivity contribution in [3.63, 3.8) is 0 Å². The van der Waals surface area contributed by atoms with Gasteiger partial charge in [0.25, 0.3) is 0 Å². The van der Waals surface area contributed by atoms with Crippen LogP contribution in [0.2, 0.25) is 0 Å². The monoisotopic (exact) mass is 915 g/mol. The van der Waals surface area contributed by atoms with Crippen molar-refractivity contribution in [2.45, 2.75) is 211 Å². The van der Waals surface area contributed by atoms with Crippen LogP contribution in [0.25, 0.3) is 0 Å². The van der Waals surface area contributed by atoms with Crippen molar-refractivity contribution < 1.29 is 154 Å². The van der Waals surface area contributed by atoms with Gasteiger partial charge in [-0.05, 0) is 51.4 Å². The van der Waals surface area contributed by atoms with Crippen molar-refractivity contribution >= 4 is 43.1 Å². The van der Waals surface area contributed by atoms with Gasteiger partial charge in [-0.15, -0.1) is 0 Å². The number of amides is 1. The van der Waals surface area contributed by atoms with E-state index in [0.717, 1.165) is 103 Å². The van der Waals surface area contributed by atoms with Crippen LogP contribution in [0.3, 0.4) is 0 Å². The first-order valence-electron chi connectivity index (χ1n) is 20.4. The van der Waals surface area contributed by atoms with Gasteiger partial charge in [-0.25, -0.2) is 30.0 Å². The Morgan fingerprint density at radius 3 is 1.38 bits per heavy atom. The molecular weight excluding hydrogens is 852 g/mol. The Balaban J connectivity index is 0. The SMILES string of the molecule is CCCC[C@H]1CCCCCCCCC[C@H](OS(=O)(=O)[O-])[C@H](OS(=O)(=O)[O-])[C@@H](OS(=O)(=O)[O-])CCCCCCCCCCCCCC(=O)N2CCC[C@H]2C(=O)O1.[Na+].[Na+].[Na+]. The molecule has 5 atom stereocenters. The molecule has 0 N–H and O–H groups in total. The van der Waals surface area contributed by atoms with Gasteiger partial charge in [0.1, 0.15) is 30.5 Å². The molecule has 0 saturated carbocycles. The number of cyclic esters (lactones) is 1. The van der Waals surface area contributed by atoms with Gasteiger partial charge in [-0.1, -0.05) is 122 Å². The first-order chi connectivity index (χ1) is 26.0. The molecule has 0 aromatic heterocycles. The summed E-state index contributed by atoms with van der Waals surface area (Å²) in [5, 5.41) is 0. The summed E-state index contributed by atoms with van der Waals surface area (Å²) in [6.07, 6.45) is 11.8. The van der Waals surface area contributed by atoms with Crippen molar-refractivity contribution in [1.82, 2.24) is 4.90 Å². The summed E-state index contributed by atoms with van der Waals surface area (Å²) in [5.74, 6) is -0.299. The van der Waals surface area contributed by atoms with Gasteiger partial charge in [0.05, 0.1) is 0 Å². The molecule has 0 bridgehead atoms. The largest absolute Gasteiger partial charge is 1.00 e. The Morgan fingerprint density at radius 1 is 0.569 bits per heavy atom. The van der Waals surface area contributed by atoms with Crippen LogP contribution in [-0.2, 0) is 58.1 Å². The number of unbranched alkanes of at least 4 members (excludes halogenated alkanes) is 1. The molecule has 16 nitrogen and oxygen atoms in total. The minimum atomic E-state index is -5.60. The molecule has 2 heterocycles. The van der Waals surface area contributed by atoms with E-state index >= 15 is 0 Å². The van der Waals surface area contributed by atoms with E-state index in [1.807, 2.05) is 0 Å². The molecular formula is C36H64NNa3O15S3. The zero-order valence-electron chi connectivity index (χ0n) is 35.5. The van der Waals surface area contributed by atoms with Crippen molar-refractivity contribution in [1.29, 1.82) is 0 Å². The molecule has 0 aromatic rings. The Hall–Kier alpha value is 1.55. The Bertz CT molecular complexity index is 1440. The van der Waals surface area contributed by atoms with E-state index in [2.05, 4.69) is 19.5 Å². The van der Waals surface area contributed by atoms with Gasteiger partial charge in [0.15, 0.2) is 0 Å². The molecule has 0 aliphatic carbocycles. The molecule has 1 amide bonds. The van der Waals surface area contributed by atoms with Crippen LogP contribution >= 0.6 is 0 Å². The normalized spacial score (nSPS) is 26.0. The molecule has 2 aliphatic heterocycles. The van der Waals surface area contributed by atoms with E-state index in [-0.39, 0.29) is 132 Å². The Morgan fingerprint density at radius 2 is 0.966 bits per heavy atom. The average molecular weight is 916 g/mol. The first kappa shape index (κ1) is 61.6. The topological polar surface area (TPSA) is 246 Å². The number of ether oxygens (including phenoxy) is 1. The first-order valence-corrected chi connectivity index (χ1v) is 24.4. The summed E-state index contributed by atoms with van der Waals surface area (Å²) < 4.78 is 125. The Labute approximate surface area is 415 Å². The van der Waals surface area contributed by atoms with Crippen LogP contribution in [0, 0.1) is 0 Å². The van der Waals surface area contributed by atoms with E-state index in [1.54, 1.807) is 4.90 Å². The fourth-order valence-electron chi connectivity index (χ4n) is 7.54. The number of nitrogens with zero attached hydrogens (tertiary/aromatic N) is 1. The molecule has 0 radical (unpaired) electrons. The molecule has 2 rings (SSSR count). The van der Waals surface area contributed by atoms with Gasteiger partial charge < -0.3 is 23.3 Å². The van der Waals surface area contributed by atoms with Gasteiger partial charge in [-0.3, -0.25) is 17.3 Å². The number of hydrogen-bond acceptors (Lipinski definition) is 15. The van der Waals surface area contributed by atoms with Crippen LogP contribution in [0.4, 0.5) is 0 Å². The van der Waals surface area contributed by atoms with Crippen molar-refractivity contribution in [3.8, 4) is 0 Å². The molecule has 58 heavy (non-hydrogen) atoms. The summed E-state index contributed by atoms with van der Waals surface area (Å²) in [5.41, 5.74) is 0. The molecule has 22 heteroatoms.